The van der Waals surface area contributed by atoms with E-state index in [-0.39, 0.29) is 18.9 Å². The number of benzene rings is 2. The number of anilines is 1. The van der Waals surface area contributed by atoms with Crippen LogP contribution in [0.15, 0.2) is 48.5 Å². The van der Waals surface area contributed by atoms with E-state index in [4.69, 9.17) is 9.47 Å². The van der Waals surface area contributed by atoms with Crippen molar-refractivity contribution in [3.63, 3.8) is 0 Å². The van der Waals surface area contributed by atoms with Crippen LogP contribution in [0.4, 0.5) is 10.1 Å². The predicted molar refractivity (Wildman–Crippen MR) is 101 cm³/mol. The summed E-state index contributed by atoms with van der Waals surface area (Å²) in [5.41, 5.74) is 0.740. The molecule has 2 aromatic rings. The third-order valence-electron chi connectivity index (χ3n) is 3.76. The summed E-state index contributed by atoms with van der Waals surface area (Å²) in [4.78, 5) is 36.0. The zero-order valence-electron chi connectivity index (χ0n) is 15.5. The van der Waals surface area contributed by atoms with Crippen LogP contribution in [0.5, 0.6) is 5.75 Å². The highest BCUT2D eigenvalue weighted by Crippen LogP contribution is 2.16. The number of amides is 2. The first-order valence-corrected chi connectivity index (χ1v) is 8.58. The molecule has 1 atom stereocenters. The van der Waals surface area contributed by atoms with Crippen LogP contribution in [0, 0.1) is 5.82 Å². The molecule has 148 valence electrons. The van der Waals surface area contributed by atoms with Gasteiger partial charge in [0.25, 0.3) is 11.8 Å². The minimum atomic E-state index is -1.04. The summed E-state index contributed by atoms with van der Waals surface area (Å²) in [6, 6.07) is 11.9. The first-order chi connectivity index (χ1) is 13.4. The maximum atomic E-state index is 12.9. The number of carbonyl (C=O) groups is 3. The van der Waals surface area contributed by atoms with E-state index < -0.39 is 23.8 Å². The molecule has 2 N–H and O–H groups in total. The van der Waals surface area contributed by atoms with Gasteiger partial charge in [0.1, 0.15) is 11.6 Å². The fourth-order valence-corrected chi connectivity index (χ4v) is 2.29. The van der Waals surface area contributed by atoms with Crippen molar-refractivity contribution in [3.8, 4) is 5.75 Å². The zero-order valence-corrected chi connectivity index (χ0v) is 15.5. The lowest BCUT2D eigenvalue weighted by atomic mass is 10.2. The Bertz CT molecular complexity index is 839. The minimum Gasteiger partial charge on any atom is -0.496 e. The van der Waals surface area contributed by atoms with Crippen molar-refractivity contribution in [3.05, 3.63) is 59.9 Å². The van der Waals surface area contributed by atoms with Crippen LogP contribution in [-0.2, 0) is 14.3 Å². The highest BCUT2D eigenvalue weighted by Gasteiger charge is 2.18. The Labute approximate surface area is 161 Å². The van der Waals surface area contributed by atoms with Gasteiger partial charge in [-0.15, -0.1) is 0 Å². The van der Waals surface area contributed by atoms with E-state index in [0.717, 1.165) is 0 Å². The fourth-order valence-electron chi connectivity index (χ4n) is 2.29. The maximum Gasteiger partial charge on any atom is 0.308 e. The highest BCUT2D eigenvalue weighted by atomic mass is 19.1. The van der Waals surface area contributed by atoms with Gasteiger partial charge >= 0.3 is 5.97 Å². The lowest BCUT2D eigenvalue weighted by molar-refractivity contribution is -0.153. The van der Waals surface area contributed by atoms with Crippen molar-refractivity contribution in [1.29, 1.82) is 0 Å². The molecule has 0 aromatic heterocycles. The van der Waals surface area contributed by atoms with Gasteiger partial charge in [0.2, 0.25) is 0 Å². The number of rotatable bonds is 8. The zero-order chi connectivity index (χ0) is 20.5. The molecule has 0 spiro atoms. The summed E-state index contributed by atoms with van der Waals surface area (Å²) in [6.45, 7) is 1.46. The van der Waals surface area contributed by atoms with Gasteiger partial charge in [-0.3, -0.25) is 14.4 Å². The lowest BCUT2D eigenvalue weighted by Gasteiger charge is -2.14. The number of para-hydroxylation sites is 1. The second-order valence-electron chi connectivity index (χ2n) is 5.83. The summed E-state index contributed by atoms with van der Waals surface area (Å²) in [6.07, 6.45) is -1.14. The maximum absolute atomic E-state index is 12.9. The number of hydrogen-bond acceptors (Lipinski definition) is 5. The summed E-state index contributed by atoms with van der Waals surface area (Å²) >= 11 is 0. The van der Waals surface area contributed by atoms with Crippen molar-refractivity contribution in [2.45, 2.75) is 19.4 Å². The Kier molecular flexibility index (Phi) is 7.50. The molecule has 0 aliphatic heterocycles. The number of esters is 1. The predicted octanol–water partition coefficient (Wildman–Crippen LogP) is 2.52. The number of ether oxygens (including phenoxy) is 2. The molecule has 0 heterocycles. The standard InChI is InChI=1S/C20H21FN2O5/c1-13(19(25)23-15-9-7-14(21)8-10-15)28-18(24)11-12-22-20(26)16-5-3-4-6-17(16)27-2/h3-10,13H,11-12H2,1-2H3,(H,22,26)(H,23,25)/t13-/m0/s1. The SMILES string of the molecule is COc1ccccc1C(=O)NCCC(=O)O[C@@H](C)C(=O)Nc1ccc(F)cc1. The Morgan fingerprint density at radius 2 is 1.75 bits per heavy atom. The Hall–Kier alpha value is -3.42. The quantitative estimate of drug-likeness (QED) is 0.678. The smallest absolute Gasteiger partial charge is 0.308 e. The molecule has 0 radical (unpaired) electrons. The fraction of sp³-hybridized carbons (Fsp3) is 0.250. The highest BCUT2D eigenvalue weighted by molar-refractivity contribution is 5.97. The van der Waals surface area contributed by atoms with Gasteiger partial charge in [-0.2, -0.15) is 0 Å². The number of hydrogen-bond donors (Lipinski definition) is 2. The second-order valence-corrected chi connectivity index (χ2v) is 5.83. The molecule has 28 heavy (non-hydrogen) atoms. The number of methoxy groups -OCH3 is 1. The molecule has 2 aromatic carbocycles. The summed E-state index contributed by atoms with van der Waals surface area (Å²) < 4.78 is 23.0. The van der Waals surface area contributed by atoms with Crippen molar-refractivity contribution >= 4 is 23.5 Å². The van der Waals surface area contributed by atoms with E-state index in [1.54, 1.807) is 24.3 Å². The lowest BCUT2D eigenvalue weighted by Crippen LogP contribution is -2.32. The monoisotopic (exact) mass is 388 g/mol. The first-order valence-electron chi connectivity index (χ1n) is 8.58. The van der Waals surface area contributed by atoms with Gasteiger partial charge < -0.3 is 20.1 Å². The van der Waals surface area contributed by atoms with E-state index in [0.29, 0.717) is 17.0 Å². The first kappa shape index (κ1) is 20.9. The van der Waals surface area contributed by atoms with E-state index in [2.05, 4.69) is 10.6 Å². The molecule has 0 aliphatic rings. The van der Waals surface area contributed by atoms with Gasteiger partial charge in [-0.25, -0.2) is 4.39 Å². The van der Waals surface area contributed by atoms with Gasteiger partial charge in [0.15, 0.2) is 6.10 Å². The van der Waals surface area contributed by atoms with Crippen molar-refractivity contribution < 1.29 is 28.2 Å². The summed E-state index contributed by atoms with van der Waals surface area (Å²) in [5.74, 6) is -1.56. The summed E-state index contributed by atoms with van der Waals surface area (Å²) in [7, 11) is 1.46. The number of nitrogens with one attached hydrogen (secondary N) is 2. The third kappa shape index (κ3) is 6.08. The molecule has 0 unspecified atom stereocenters. The van der Waals surface area contributed by atoms with Crippen LogP contribution in [0.3, 0.4) is 0 Å². The van der Waals surface area contributed by atoms with Gasteiger partial charge in [0, 0.05) is 12.2 Å². The molecule has 0 saturated carbocycles. The van der Waals surface area contributed by atoms with Crippen LogP contribution in [0.2, 0.25) is 0 Å². The molecule has 0 saturated heterocycles. The van der Waals surface area contributed by atoms with Gasteiger partial charge in [-0.05, 0) is 43.3 Å². The Balaban J connectivity index is 1.76. The Morgan fingerprint density at radius 1 is 1.07 bits per heavy atom. The molecule has 0 aliphatic carbocycles. The topological polar surface area (TPSA) is 93.7 Å². The average molecular weight is 388 g/mol. The summed E-state index contributed by atoms with van der Waals surface area (Å²) in [5, 5.41) is 5.11. The molecule has 0 fully saturated rings. The van der Waals surface area contributed by atoms with E-state index in [1.807, 2.05) is 0 Å². The van der Waals surface area contributed by atoms with Crippen LogP contribution in [-0.4, -0.2) is 37.5 Å². The van der Waals surface area contributed by atoms with E-state index in [9.17, 15) is 18.8 Å². The molecular weight excluding hydrogens is 367 g/mol. The molecule has 2 rings (SSSR count). The number of carbonyl (C=O) groups excluding carboxylic acids is 3. The van der Waals surface area contributed by atoms with Crippen LogP contribution < -0.4 is 15.4 Å². The van der Waals surface area contributed by atoms with Crippen LogP contribution >= 0.6 is 0 Å². The van der Waals surface area contributed by atoms with E-state index in [1.165, 1.54) is 38.3 Å². The van der Waals surface area contributed by atoms with Crippen LogP contribution in [0.25, 0.3) is 0 Å². The molecule has 0 bridgehead atoms. The largest absolute Gasteiger partial charge is 0.496 e. The van der Waals surface area contributed by atoms with E-state index >= 15 is 0 Å². The molecular formula is C20H21FN2O5. The van der Waals surface area contributed by atoms with Crippen LogP contribution in [0.1, 0.15) is 23.7 Å². The molecule has 7 nitrogen and oxygen atoms in total. The van der Waals surface area contributed by atoms with Gasteiger partial charge in [-0.1, -0.05) is 12.1 Å². The molecule has 8 heteroatoms. The van der Waals surface area contributed by atoms with Crippen molar-refractivity contribution in [2.24, 2.45) is 0 Å². The van der Waals surface area contributed by atoms with Crippen molar-refractivity contribution in [1.82, 2.24) is 5.32 Å². The minimum absolute atomic E-state index is 0.0437. The average Bonchev–Trinajstić information content (AvgIpc) is 2.69. The normalized spacial score (nSPS) is 11.2. The Morgan fingerprint density at radius 3 is 2.43 bits per heavy atom. The van der Waals surface area contributed by atoms with Gasteiger partial charge in [0.05, 0.1) is 19.1 Å². The second kappa shape index (κ2) is 10.1. The number of halogens is 1. The third-order valence-corrected chi connectivity index (χ3v) is 3.76. The molecule has 2 amide bonds. The van der Waals surface area contributed by atoms with Crippen molar-refractivity contribution in [2.75, 3.05) is 19.0 Å².